The topological polar surface area (TPSA) is 90.2 Å². The summed E-state index contributed by atoms with van der Waals surface area (Å²) in [7, 11) is 0. The van der Waals surface area contributed by atoms with Crippen LogP contribution in [0, 0.1) is 5.92 Å². The van der Waals surface area contributed by atoms with Gasteiger partial charge in [0.2, 0.25) is 0 Å². The van der Waals surface area contributed by atoms with E-state index < -0.39 is 30.5 Å². The van der Waals surface area contributed by atoms with Crippen molar-refractivity contribution in [2.45, 2.75) is 31.5 Å². The second-order valence-electron chi connectivity index (χ2n) is 3.09. The Morgan fingerprint density at radius 2 is 1.75 bits per heavy atom. The SMILES string of the molecule is C[C@@H]1C(O)[C@H](O)O[C@H](CO)C1O. The number of rotatable bonds is 1. The minimum Gasteiger partial charge on any atom is -0.394 e. The second kappa shape index (κ2) is 3.68. The summed E-state index contributed by atoms with van der Waals surface area (Å²) in [6, 6.07) is 0. The maximum absolute atomic E-state index is 9.37. The highest BCUT2D eigenvalue weighted by Crippen LogP contribution is 2.24. The highest BCUT2D eigenvalue weighted by atomic mass is 16.6. The predicted octanol–water partition coefficient (Wildman–Crippen LogP) is -1.95. The first-order valence-electron chi connectivity index (χ1n) is 3.88. The lowest BCUT2D eigenvalue weighted by molar-refractivity contribution is -0.271. The number of aliphatic hydroxyl groups excluding tert-OH is 4. The van der Waals surface area contributed by atoms with Gasteiger partial charge < -0.3 is 25.2 Å². The summed E-state index contributed by atoms with van der Waals surface area (Å²) < 4.78 is 4.74. The lowest BCUT2D eigenvalue weighted by Crippen LogP contribution is -2.54. The zero-order chi connectivity index (χ0) is 9.30. The molecule has 5 atom stereocenters. The fraction of sp³-hybridized carbons (Fsp3) is 1.00. The second-order valence-corrected chi connectivity index (χ2v) is 3.09. The van der Waals surface area contributed by atoms with Crippen molar-refractivity contribution in [2.24, 2.45) is 5.92 Å². The van der Waals surface area contributed by atoms with E-state index in [1.54, 1.807) is 6.92 Å². The zero-order valence-corrected chi connectivity index (χ0v) is 6.79. The first kappa shape index (κ1) is 9.88. The number of ether oxygens (including phenoxy) is 1. The van der Waals surface area contributed by atoms with Gasteiger partial charge in [-0.1, -0.05) is 6.92 Å². The van der Waals surface area contributed by atoms with E-state index in [-0.39, 0.29) is 6.61 Å². The van der Waals surface area contributed by atoms with Gasteiger partial charge in [-0.3, -0.25) is 0 Å². The summed E-state index contributed by atoms with van der Waals surface area (Å²) in [5.41, 5.74) is 0. The van der Waals surface area contributed by atoms with E-state index >= 15 is 0 Å². The van der Waals surface area contributed by atoms with Crippen LogP contribution in [0.3, 0.4) is 0 Å². The van der Waals surface area contributed by atoms with Crippen LogP contribution in [0.1, 0.15) is 6.92 Å². The Morgan fingerprint density at radius 1 is 1.17 bits per heavy atom. The zero-order valence-electron chi connectivity index (χ0n) is 6.79. The Hall–Kier alpha value is -0.200. The molecule has 4 N–H and O–H groups in total. The minimum atomic E-state index is -1.32. The summed E-state index contributed by atoms with van der Waals surface area (Å²) in [6.45, 7) is 1.22. The Labute approximate surface area is 70.2 Å². The molecule has 0 aliphatic carbocycles. The fourth-order valence-electron chi connectivity index (χ4n) is 1.29. The maximum Gasteiger partial charge on any atom is 0.181 e. The molecule has 1 heterocycles. The van der Waals surface area contributed by atoms with Crippen molar-refractivity contribution in [1.82, 2.24) is 0 Å². The van der Waals surface area contributed by atoms with E-state index in [9.17, 15) is 10.2 Å². The van der Waals surface area contributed by atoms with Crippen LogP contribution in [-0.4, -0.2) is 51.6 Å². The molecule has 0 aromatic carbocycles. The predicted molar refractivity (Wildman–Crippen MR) is 39.1 cm³/mol. The molecule has 0 aromatic heterocycles. The molecular weight excluding hydrogens is 164 g/mol. The quantitative estimate of drug-likeness (QED) is 0.375. The van der Waals surface area contributed by atoms with Crippen molar-refractivity contribution < 1.29 is 25.2 Å². The molecule has 1 aliphatic rings. The molecule has 12 heavy (non-hydrogen) atoms. The molecule has 5 nitrogen and oxygen atoms in total. The van der Waals surface area contributed by atoms with Gasteiger partial charge >= 0.3 is 0 Å². The Morgan fingerprint density at radius 3 is 2.25 bits per heavy atom. The van der Waals surface area contributed by atoms with Crippen LogP contribution in [0.25, 0.3) is 0 Å². The molecule has 1 fully saturated rings. The van der Waals surface area contributed by atoms with Crippen LogP contribution in [0.4, 0.5) is 0 Å². The van der Waals surface area contributed by atoms with Gasteiger partial charge in [0.25, 0.3) is 0 Å². The number of hydrogen-bond donors (Lipinski definition) is 4. The van der Waals surface area contributed by atoms with Crippen LogP contribution >= 0.6 is 0 Å². The van der Waals surface area contributed by atoms with E-state index in [1.807, 2.05) is 0 Å². The molecule has 0 bridgehead atoms. The van der Waals surface area contributed by atoms with E-state index in [1.165, 1.54) is 0 Å². The minimum absolute atomic E-state index is 0.366. The fourth-order valence-corrected chi connectivity index (χ4v) is 1.29. The molecular formula is C7H14O5. The Bertz CT molecular complexity index is 146. The molecule has 1 aliphatic heterocycles. The van der Waals surface area contributed by atoms with E-state index in [4.69, 9.17) is 14.9 Å². The number of hydrogen-bond acceptors (Lipinski definition) is 5. The van der Waals surface area contributed by atoms with Gasteiger partial charge in [-0.2, -0.15) is 0 Å². The average Bonchev–Trinajstić information content (AvgIpc) is 2.08. The number of aliphatic hydroxyl groups is 4. The van der Waals surface area contributed by atoms with Gasteiger partial charge in [0.05, 0.1) is 12.7 Å². The summed E-state index contributed by atoms with van der Waals surface area (Å²) in [5, 5.41) is 36.4. The first-order valence-corrected chi connectivity index (χ1v) is 3.88. The van der Waals surface area contributed by atoms with Gasteiger partial charge in [0, 0.05) is 5.92 Å². The molecule has 0 spiro atoms. The van der Waals surface area contributed by atoms with Crippen molar-refractivity contribution in [3.8, 4) is 0 Å². The lowest BCUT2D eigenvalue weighted by Gasteiger charge is -2.38. The molecule has 0 radical (unpaired) electrons. The van der Waals surface area contributed by atoms with Gasteiger partial charge in [-0.15, -0.1) is 0 Å². The Kier molecular flexibility index (Phi) is 3.03. The molecule has 72 valence electrons. The highest BCUT2D eigenvalue weighted by Gasteiger charge is 2.40. The van der Waals surface area contributed by atoms with Gasteiger partial charge in [-0.05, 0) is 0 Å². The third-order valence-electron chi connectivity index (χ3n) is 2.24. The molecule has 1 saturated heterocycles. The third-order valence-corrected chi connectivity index (χ3v) is 2.24. The van der Waals surface area contributed by atoms with Crippen molar-refractivity contribution >= 4 is 0 Å². The van der Waals surface area contributed by atoms with Crippen LogP contribution in [0.5, 0.6) is 0 Å². The molecule has 0 aromatic rings. The van der Waals surface area contributed by atoms with E-state index in [0.29, 0.717) is 0 Å². The van der Waals surface area contributed by atoms with Gasteiger partial charge in [-0.25, -0.2) is 0 Å². The summed E-state index contributed by atoms with van der Waals surface area (Å²) >= 11 is 0. The first-order chi connectivity index (χ1) is 5.57. The van der Waals surface area contributed by atoms with Crippen LogP contribution in [0.15, 0.2) is 0 Å². The van der Waals surface area contributed by atoms with Crippen LogP contribution in [-0.2, 0) is 4.74 Å². The van der Waals surface area contributed by atoms with Gasteiger partial charge in [0.15, 0.2) is 6.29 Å². The maximum atomic E-state index is 9.37. The van der Waals surface area contributed by atoms with Crippen LogP contribution in [0.2, 0.25) is 0 Å². The smallest absolute Gasteiger partial charge is 0.181 e. The molecule has 1 rings (SSSR count). The van der Waals surface area contributed by atoms with Gasteiger partial charge in [0.1, 0.15) is 12.2 Å². The largest absolute Gasteiger partial charge is 0.394 e. The van der Waals surface area contributed by atoms with E-state index in [2.05, 4.69) is 0 Å². The van der Waals surface area contributed by atoms with Crippen LogP contribution < -0.4 is 0 Å². The van der Waals surface area contributed by atoms with Crippen molar-refractivity contribution in [1.29, 1.82) is 0 Å². The molecule has 5 heteroatoms. The third kappa shape index (κ3) is 1.60. The van der Waals surface area contributed by atoms with Crippen molar-refractivity contribution in [3.63, 3.8) is 0 Å². The molecule has 0 saturated carbocycles. The average molecular weight is 178 g/mol. The summed E-state index contributed by atoms with van der Waals surface area (Å²) in [4.78, 5) is 0. The highest BCUT2D eigenvalue weighted by molar-refractivity contribution is 4.85. The van der Waals surface area contributed by atoms with E-state index in [0.717, 1.165) is 0 Å². The monoisotopic (exact) mass is 178 g/mol. The summed E-state index contributed by atoms with van der Waals surface area (Å²) in [6.07, 6.45) is -4.16. The van der Waals surface area contributed by atoms with Crippen molar-refractivity contribution in [2.75, 3.05) is 6.61 Å². The lowest BCUT2D eigenvalue weighted by atomic mass is 9.91. The normalized spacial score (nSPS) is 49.2. The Balaban J connectivity index is 2.63. The standard InChI is InChI=1S/C7H14O5/c1-3-5(9)4(2-8)12-7(11)6(3)10/h3-11H,2H2,1H3/t3-,4+,5?,6?,7+/m0/s1. The van der Waals surface area contributed by atoms with Crippen molar-refractivity contribution in [3.05, 3.63) is 0 Å². The summed E-state index contributed by atoms with van der Waals surface area (Å²) in [5.74, 6) is -0.495. The molecule has 0 amide bonds. The molecule has 2 unspecified atom stereocenters.